The zero-order valence-electron chi connectivity index (χ0n) is 10.1. The molecule has 90 valence electrons. The number of unbranched alkanes of at least 4 members (excludes halogenated alkanes) is 2. The molecule has 0 aromatic carbocycles. The highest BCUT2D eigenvalue weighted by atomic mass is 16.4. The summed E-state index contributed by atoms with van der Waals surface area (Å²) < 4.78 is 0. The number of hydrogen-bond acceptors (Lipinski definition) is 2. The molecule has 0 heterocycles. The van der Waals surface area contributed by atoms with Gasteiger partial charge in [-0.25, -0.2) is 0 Å². The topological polar surface area (TPSA) is 49.3 Å². The molecule has 2 N–H and O–H groups in total. The lowest BCUT2D eigenvalue weighted by molar-refractivity contribution is -0.137. The van der Waals surface area contributed by atoms with Crippen LogP contribution in [-0.2, 0) is 4.79 Å². The predicted molar refractivity (Wildman–Crippen MR) is 63.0 cm³/mol. The molecule has 0 aliphatic rings. The van der Waals surface area contributed by atoms with Gasteiger partial charge in [-0.15, -0.1) is 0 Å². The first-order valence-corrected chi connectivity index (χ1v) is 6.05. The van der Waals surface area contributed by atoms with Crippen LogP contribution in [0.1, 0.15) is 52.4 Å². The quantitative estimate of drug-likeness (QED) is 0.551. The highest BCUT2D eigenvalue weighted by Crippen LogP contribution is 2.05. The van der Waals surface area contributed by atoms with Gasteiger partial charge in [0, 0.05) is 6.42 Å². The SMILES string of the molecule is CC(C)CCCCNCCCCC(=O)O. The molecule has 0 unspecified atom stereocenters. The Labute approximate surface area is 93.3 Å². The summed E-state index contributed by atoms with van der Waals surface area (Å²) >= 11 is 0. The van der Waals surface area contributed by atoms with Crippen LogP contribution >= 0.6 is 0 Å². The molecule has 3 nitrogen and oxygen atoms in total. The van der Waals surface area contributed by atoms with Gasteiger partial charge in [-0.1, -0.05) is 26.7 Å². The normalized spacial score (nSPS) is 10.9. The van der Waals surface area contributed by atoms with Crippen molar-refractivity contribution < 1.29 is 9.90 Å². The molecular formula is C12H25NO2. The summed E-state index contributed by atoms with van der Waals surface area (Å²) in [7, 11) is 0. The molecule has 0 radical (unpaired) electrons. The lowest BCUT2D eigenvalue weighted by Gasteiger charge is -2.05. The Bertz CT molecular complexity index is 158. The van der Waals surface area contributed by atoms with E-state index in [0.717, 1.165) is 31.8 Å². The maximum atomic E-state index is 10.2. The van der Waals surface area contributed by atoms with E-state index in [-0.39, 0.29) is 0 Å². The van der Waals surface area contributed by atoms with Crippen molar-refractivity contribution in [1.29, 1.82) is 0 Å². The molecule has 0 aliphatic heterocycles. The standard InChI is InChI=1S/C12H25NO2/c1-11(2)7-3-5-9-13-10-6-4-8-12(14)15/h11,13H,3-10H2,1-2H3,(H,14,15). The smallest absolute Gasteiger partial charge is 0.303 e. The van der Waals surface area contributed by atoms with Crippen molar-refractivity contribution in [2.75, 3.05) is 13.1 Å². The fourth-order valence-corrected chi connectivity index (χ4v) is 1.45. The van der Waals surface area contributed by atoms with E-state index in [2.05, 4.69) is 19.2 Å². The summed E-state index contributed by atoms with van der Waals surface area (Å²) in [6.45, 7) is 6.52. The third kappa shape index (κ3) is 13.4. The molecule has 15 heavy (non-hydrogen) atoms. The van der Waals surface area contributed by atoms with Crippen molar-refractivity contribution in [1.82, 2.24) is 5.32 Å². The van der Waals surface area contributed by atoms with E-state index >= 15 is 0 Å². The fraction of sp³-hybridized carbons (Fsp3) is 0.917. The molecule has 0 fully saturated rings. The van der Waals surface area contributed by atoms with Crippen LogP contribution in [0.2, 0.25) is 0 Å². The Hall–Kier alpha value is -0.570. The summed E-state index contributed by atoms with van der Waals surface area (Å²) in [5.41, 5.74) is 0. The van der Waals surface area contributed by atoms with Crippen molar-refractivity contribution in [2.45, 2.75) is 52.4 Å². The lowest BCUT2D eigenvalue weighted by atomic mass is 10.1. The molecule has 0 aromatic heterocycles. The molecule has 0 saturated heterocycles. The number of carboxylic acids is 1. The van der Waals surface area contributed by atoms with Crippen molar-refractivity contribution in [3.8, 4) is 0 Å². The van der Waals surface area contributed by atoms with E-state index < -0.39 is 5.97 Å². The van der Waals surface area contributed by atoms with E-state index in [1.807, 2.05) is 0 Å². The molecule has 0 atom stereocenters. The molecule has 0 saturated carbocycles. The maximum Gasteiger partial charge on any atom is 0.303 e. The fourth-order valence-electron chi connectivity index (χ4n) is 1.45. The van der Waals surface area contributed by atoms with E-state index in [9.17, 15) is 4.79 Å². The zero-order valence-corrected chi connectivity index (χ0v) is 10.1. The minimum Gasteiger partial charge on any atom is -0.481 e. The molecule has 0 aliphatic carbocycles. The summed E-state index contributed by atoms with van der Waals surface area (Å²) in [5.74, 6) is 0.118. The minimum atomic E-state index is -0.688. The third-order valence-electron chi connectivity index (χ3n) is 2.38. The first-order chi connectivity index (χ1) is 7.13. The van der Waals surface area contributed by atoms with Crippen molar-refractivity contribution >= 4 is 5.97 Å². The Balaban J connectivity index is 2.96. The molecule has 0 amide bonds. The summed E-state index contributed by atoms with van der Waals surface area (Å²) in [6, 6.07) is 0. The summed E-state index contributed by atoms with van der Waals surface area (Å²) in [5, 5.41) is 11.8. The molecule has 3 heteroatoms. The monoisotopic (exact) mass is 215 g/mol. The number of hydrogen-bond donors (Lipinski definition) is 2. The van der Waals surface area contributed by atoms with Crippen LogP contribution in [0.25, 0.3) is 0 Å². The second-order valence-electron chi connectivity index (χ2n) is 4.49. The van der Waals surface area contributed by atoms with Crippen LogP contribution in [0.4, 0.5) is 0 Å². The van der Waals surface area contributed by atoms with Crippen LogP contribution in [0.15, 0.2) is 0 Å². The second kappa shape index (κ2) is 9.97. The number of carboxylic acid groups (broad SMARTS) is 1. The largest absolute Gasteiger partial charge is 0.481 e. The minimum absolute atomic E-state index is 0.301. The average Bonchev–Trinajstić information content (AvgIpc) is 2.14. The van der Waals surface area contributed by atoms with Gasteiger partial charge < -0.3 is 10.4 Å². The van der Waals surface area contributed by atoms with Crippen molar-refractivity contribution in [3.63, 3.8) is 0 Å². The maximum absolute atomic E-state index is 10.2. The first kappa shape index (κ1) is 14.4. The average molecular weight is 215 g/mol. The van der Waals surface area contributed by atoms with Gasteiger partial charge in [-0.3, -0.25) is 4.79 Å². The van der Waals surface area contributed by atoms with Gasteiger partial charge in [0.15, 0.2) is 0 Å². The van der Waals surface area contributed by atoms with E-state index in [1.165, 1.54) is 19.3 Å². The van der Waals surface area contributed by atoms with E-state index in [4.69, 9.17) is 5.11 Å². The zero-order chi connectivity index (χ0) is 11.5. The van der Waals surface area contributed by atoms with Crippen LogP contribution < -0.4 is 5.32 Å². The van der Waals surface area contributed by atoms with Gasteiger partial charge in [-0.05, 0) is 38.3 Å². The van der Waals surface area contributed by atoms with Crippen molar-refractivity contribution in [3.05, 3.63) is 0 Å². The van der Waals surface area contributed by atoms with Gasteiger partial charge >= 0.3 is 5.97 Å². The number of aliphatic carboxylic acids is 1. The van der Waals surface area contributed by atoms with Crippen LogP contribution in [0.5, 0.6) is 0 Å². The van der Waals surface area contributed by atoms with Gasteiger partial charge in [0.05, 0.1) is 0 Å². The Morgan fingerprint density at radius 1 is 1.13 bits per heavy atom. The highest BCUT2D eigenvalue weighted by molar-refractivity contribution is 5.66. The lowest BCUT2D eigenvalue weighted by Crippen LogP contribution is -2.17. The first-order valence-electron chi connectivity index (χ1n) is 6.05. The van der Waals surface area contributed by atoms with Crippen LogP contribution in [-0.4, -0.2) is 24.2 Å². The van der Waals surface area contributed by atoms with E-state index in [0.29, 0.717) is 6.42 Å². The third-order valence-corrected chi connectivity index (χ3v) is 2.38. The van der Waals surface area contributed by atoms with Crippen LogP contribution in [0.3, 0.4) is 0 Å². The molecule has 0 bridgehead atoms. The van der Waals surface area contributed by atoms with Gasteiger partial charge in [0.1, 0.15) is 0 Å². The number of nitrogens with one attached hydrogen (secondary N) is 1. The molecule has 0 spiro atoms. The highest BCUT2D eigenvalue weighted by Gasteiger charge is 1.96. The Morgan fingerprint density at radius 2 is 1.73 bits per heavy atom. The molecular weight excluding hydrogens is 190 g/mol. The van der Waals surface area contributed by atoms with E-state index in [1.54, 1.807) is 0 Å². The summed E-state index contributed by atoms with van der Waals surface area (Å²) in [4.78, 5) is 10.2. The summed E-state index contributed by atoms with van der Waals surface area (Å²) in [6.07, 6.45) is 5.89. The van der Waals surface area contributed by atoms with Gasteiger partial charge in [-0.2, -0.15) is 0 Å². The molecule has 0 rings (SSSR count). The van der Waals surface area contributed by atoms with Crippen LogP contribution in [0, 0.1) is 5.92 Å². The molecule has 0 aromatic rings. The Kier molecular flexibility index (Phi) is 9.59. The Morgan fingerprint density at radius 3 is 2.27 bits per heavy atom. The predicted octanol–water partition coefficient (Wildman–Crippen LogP) is 2.66. The van der Waals surface area contributed by atoms with Crippen molar-refractivity contribution in [2.24, 2.45) is 5.92 Å². The number of rotatable bonds is 10. The van der Waals surface area contributed by atoms with Gasteiger partial charge in [0.2, 0.25) is 0 Å². The number of carbonyl (C=O) groups is 1. The second-order valence-corrected chi connectivity index (χ2v) is 4.49. The van der Waals surface area contributed by atoms with Gasteiger partial charge in [0.25, 0.3) is 0 Å².